The minimum Gasteiger partial charge on any atom is -0.493 e. The van der Waals surface area contributed by atoms with E-state index in [-0.39, 0.29) is 12.0 Å². The summed E-state index contributed by atoms with van der Waals surface area (Å²) < 4.78 is 7.34. The highest BCUT2D eigenvalue weighted by Gasteiger charge is 2.21. The Kier molecular flexibility index (Phi) is 4.96. The minimum absolute atomic E-state index is 0.0821. The van der Waals surface area contributed by atoms with Crippen molar-refractivity contribution in [3.63, 3.8) is 0 Å². The molecule has 98 valence electrons. The molecule has 0 spiro atoms. The van der Waals surface area contributed by atoms with Crippen molar-refractivity contribution in [2.45, 2.75) is 32.4 Å². The molecule has 1 rings (SSSR count). The molecule has 1 aromatic rings. The zero-order chi connectivity index (χ0) is 13.0. The first-order valence-corrected chi connectivity index (χ1v) is 5.97. The molecule has 0 radical (unpaired) electrons. The van der Waals surface area contributed by atoms with Crippen LogP contribution in [-0.4, -0.2) is 48.5 Å². The van der Waals surface area contributed by atoms with Gasteiger partial charge in [0.1, 0.15) is 0 Å². The summed E-state index contributed by atoms with van der Waals surface area (Å²) in [5.41, 5.74) is 7.06. The van der Waals surface area contributed by atoms with Gasteiger partial charge in [-0.15, -0.1) is 0 Å². The summed E-state index contributed by atoms with van der Waals surface area (Å²) in [5.74, 6) is 1.06. The summed E-state index contributed by atoms with van der Waals surface area (Å²) in [6, 6.07) is 0.0821. The fourth-order valence-electron chi connectivity index (χ4n) is 1.72. The molecule has 0 amide bonds. The molecule has 1 aromatic heterocycles. The van der Waals surface area contributed by atoms with Crippen molar-refractivity contribution in [3.05, 3.63) is 11.9 Å². The monoisotopic (exact) mass is 240 g/mol. The first kappa shape index (κ1) is 14.0. The summed E-state index contributed by atoms with van der Waals surface area (Å²) >= 11 is 0. The van der Waals surface area contributed by atoms with E-state index >= 15 is 0 Å². The molecular formula is C12H24N4O. The summed E-state index contributed by atoms with van der Waals surface area (Å²) in [6.07, 6.45) is 1.77. The Morgan fingerprint density at radius 3 is 2.59 bits per heavy atom. The quantitative estimate of drug-likeness (QED) is 0.803. The third kappa shape index (κ3) is 3.44. The van der Waals surface area contributed by atoms with Gasteiger partial charge in [0.15, 0.2) is 5.75 Å². The van der Waals surface area contributed by atoms with E-state index in [1.165, 1.54) is 0 Å². The van der Waals surface area contributed by atoms with Crippen LogP contribution in [-0.2, 0) is 6.54 Å². The molecule has 2 unspecified atom stereocenters. The van der Waals surface area contributed by atoms with E-state index < -0.39 is 0 Å². The highest BCUT2D eigenvalue weighted by Crippen LogP contribution is 2.27. The highest BCUT2D eigenvalue weighted by atomic mass is 16.5. The molecule has 0 aromatic carbocycles. The van der Waals surface area contributed by atoms with Gasteiger partial charge in [0.2, 0.25) is 0 Å². The van der Waals surface area contributed by atoms with Crippen LogP contribution in [0.25, 0.3) is 0 Å². The second kappa shape index (κ2) is 6.02. The summed E-state index contributed by atoms with van der Waals surface area (Å²) in [7, 11) is 5.77. The molecule has 0 aliphatic heterocycles. The van der Waals surface area contributed by atoms with Crippen molar-refractivity contribution in [1.82, 2.24) is 14.7 Å². The predicted molar refractivity (Wildman–Crippen MR) is 69.4 cm³/mol. The van der Waals surface area contributed by atoms with Gasteiger partial charge in [-0.05, 0) is 21.0 Å². The molecule has 0 aliphatic rings. The number of methoxy groups -OCH3 is 1. The SMILES string of the molecule is COc1cnn(CCN(C)C)c1C(C)C(C)N. The minimum atomic E-state index is 0.0821. The van der Waals surface area contributed by atoms with Gasteiger partial charge in [-0.2, -0.15) is 5.10 Å². The topological polar surface area (TPSA) is 56.3 Å². The van der Waals surface area contributed by atoms with Crippen molar-refractivity contribution in [2.24, 2.45) is 5.73 Å². The normalized spacial score (nSPS) is 15.0. The predicted octanol–water partition coefficient (Wildman–Crippen LogP) is 0.904. The molecule has 0 bridgehead atoms. The van der Waals surface area contributed by atoms with E-state index in [9.17, 15) is 0 Å². The Balaban J connectivity index is 2.93. The van der Waals surface area contributed by atoms with Crippen LogP contribution in [0, 0.1) is 0 Å². The van der Waals surface area contributed by atoms with E-state index in [0.717, 1.165) is 24.5 Å². The zero-order valence-electron chi connectivity index (χ0n) is 11.5. The number of nitrogens with two attached hydrogens (primary N) is 1. The third-order valence-corrected chi connectivity index (χ3v) is 3.04. The van der Waals surface area contributed by atoms with Crippen LogP contribution in [0.1, 0.15) is 25.5 Å². The van der Waals surface area contributed by atoms with Gasteiger partial charge >= 0.3 is 0 Å². The lowest BCUT2D eigenvalue weighted by Crippen LogP contribution is -2.27. The zero-order valence-corrected chi connectivity index (χ0v) is 11.5. The van der Waals surface area contributed by atoms with Crippen molar-refractivity contribution < 1.29 is 4.74 Å². The fourth-order valence-corrected chi connectivity index (χ4v) is 1.72. The van der Waals surface area contributed by atoms with E-state index in [0.29, 0.717) is 0 Å². The molecule has 2 N–H and O–H groups in total. The fraction of sp³-hybridized carbons (Fsp3) is 0.750. The van der Waals surface area contributed by atoms with E-state index in [4.69, 9.17) is 10.5 Å². The van der Waals surface area contributed by atoms with Crippen LogP contribution in [0.3, 0.4) is 0 Å². The molecule has 0 aliphatic carbocycles. The lowest BCUT2D eigenvalue weighted by Gasteiger charge is -2.19. The Hall–Kier alpha value is -1.07. The third-order valence-electron chi connectivity index (χ3n) is 3.04. The molecule has 2 atom stereocenters. The van der Waals surface area contributed by atoms with E-state index in [2.05, 4.69) is 31.0 Å². The molecule has 5 heteroatoms. The average Bonchev–Trinajstić information content (AvgIpc) is 2.67. The van der Waals surface area contributed by atoms with Crippen molar-refractivity contribution in [1.29, 1.82) is 0 Å². The van der Waals surface area contributed by atoms with Crippen LogP contribution in [0.4, 0.5) is 0 Å². The van der Waals surface area contributed by atoms with Gasteiger partial charge in [0, 0.05) is 18.5 Å². The number of rotatable bonds is 6. The molecule has 17 heavy (non-hydrogen) atoms. The molecule has 1 heterocycles. The molecule has 0 fully saturated rings. The standard InChI is InChI=1S/C12H24N4O/c1-9(10(2)13)12-11(17-5)8-14-16(12)7-6-15(3)4/h8-10H,6-7,13H2,1-5H3. The van der Waals surface area contributed by atoms with Crippen LogP contribution < -0.4 is 10.5 Å². The van der Waals surface area contributed by atoms with Crippen molar-refractivity contribution in [3.8, 4) is 5.75 Å². The number of ether oxygens (including phenoxy) is 1. The first-order chi connectivity index (χ1) is 7.97. The Bertz CT molecular complexity index is 346. The molecular weight excluding hydrogens is 216 g/mol. The Labute approximate surface area is 104 Å². The number of nitrogens with zero attached hydrogens (tertiary/aromatic N) is 3. The van der Waals surface area contributed by atoms with Crippen LogP contribution in [0.2, 0.25) is 0 Å². The van der Waals surface area contributed by atoms with Crippen LogP contribution >= 0.6 is 0 Å². The van der Waals surface area contributed by atoms with Gasteiger partial charge in [-0.3, -0.25) is 4.68 Å². The van der Waals surface area contributed by atoms with E-state index in [1.54, 1.807) is 13.3 Å². The van der Waals surface area contributed by atoms with Crippen molar-refractivity contribution in [2.75, 3.05) is 27.7 Å². The second-order valence-electron chi connectivity index (χ2n) is 4.77. The smallest absolute Gasteiger partial charge is 0.160 e. The van der Waals surface area contributed by atoms with Crippen LogP contribution in [0.5, 0.6) is 5.75 Å². The summed E-state index contributed by atoms with van der Waals surface area (Å²) in [4.78, 5) is 2.13. The molecule has 0 saturated heterocycles. The van der Waals surface area contributed by atoms with Crippen molar-refractivity contribution >= 4 is 0 Å². The summed E-state index contributed by atoms with van der Waals surface area (Å²) in [6.45, 7) is 5.91. The summed E-state index contributed by atoms with van der Waals surface area (Å²) in [5, 5.41) is 4.37. The molecule has 5 nitrogen and oxygen atoms in total. The number of likely N-dealkylation sites (N-methyl/N-ethyl adjacent to an activating group) is 1. The maximum absolute atomic E-state index is 5.97. The largest absolute Gasteiger partial charge is 0.493 e. The maximum Gasteiger partial charge on any atom is 0.160 e. The first-order valence-electron chi connectivity index (χ1n) is 5.97. The Morgan fingerprint density at radius 1 is 1.47 bits per heavy atom. The Morgan fingerprint density at radius 2 is 2.12 bits per heavy atom. The van der Waals surface area contributed by atoms with Crippen LogP contribution in [0.15, 0.2) is 6.20 Å². The number of hydrogen-bond acceptors (Lipinski definition) is 4. The van der Waals surface area contributed by atoms with Gasteiger partial charge in [0.05, 0.1) is 25.5 Å². The average molecular weight is 240 g/mol. The number of hydrogen-bond donors (Lipinski definition) is 1. The molecule has 0 saturated carbocycles. The lowest BCUT2D eigenvalue weighted by atomic mass is 10.00. The van der Waals surface area contributed by atoms with Gasteiger partial charge in [-0.1, -0.05) is 6.92 Å². The lowest BCUT2D eigenvalue weighted by molar-refractivity contribution is 0.359. The van der Waals surface area contributed by atoms with Gasteiger partial charge in [0.25, 0.3) is 0 Å². The van der Waals surface area contributed by atoms with Gasteiger partial charge < -0.3 is 15.4 Å². The highest BCUT2D eigenvalue weighted by molar-refractivity contribution is 5.29. The maximum atomic E-state index is 5.97. The van der Waals surface area contributed by atoms with E-state index in [1.807, 2.05) is 11.6 Å². The van der Waals surface area contributed by atoms with Gasteiger partial charge in [-0.25, -0.2) is 0 Å². The second-order valence-corrected chi connectivity index (χ2v) is 4.77. The number of aromatic nitrogens is 2.